The van der Waals surface area contributed by atoms with Crippen molar-refractivity contribution in [1.29, 1.82) is 0 Å². The van der Waals surface area contributed by atoms with Gasteiger partial charge < -0.3 is 5.32 Å². The largest absolute Gasteiger partial charge is 0.416 e. The van der Waals surface area contributed by atoms with Crippen LogP contribution in [0.1, 0.15) is 24.1 Å². The van der Waals surface area contributed by atoms with Crippen LogP contribution in [0.3, 0.4) is 0 Å². The van der Waals surface area contributed by atoms with Crippen molar-refractivity contribution in [2.45, 2.75) is 19.1 Å². The summed E-state index contributed by atoms with van der Waals surface area (Å²) in [5.41, 5.74) is 0.577. The molecule has 2 rings (SSSR count). The summed E-state index contributed by atoms with van der Waals surface area (Å²) < 4.78 is 37.9. The summed E-state index contributed by atoms with van der Waals surface area (Å²) in [6.45, 7) is 1.85. The fourth-order valence-corrected chi connectivity index (χ4v) is 2.24. The smallest absolute Gasteiger partial charge is 0.378 e. The molecule has 0 bridgehead atoms. The number of hydrogen-bond donors (Lipinski definition) is 1. The quantitative estimate of drug-likeness (QED) is 0.785. The van der Waals surface area contributed by atoms with Crippen LogP contribution in [0.4, 0.5) is 18.9 Å². The van der Waals surface area contributed by atoms with E-state index in [-0.39, 0.29) is 6.04 Å². The highest BCUT2D eigenvalue weighted by Gasteiger charge is 2.30. The van der Waals surface area contributed by atoms with E-state index in [1.807, 2.05) is 25.1 Å². The lowest BCUT2D eigenvalue weighted by molar-refractivity contribution is -0.137. The molecule has 1 N–H and O–H groups in total. The lowest BCUT2D eigenvalue weighted by Gasteiger charge is -2.18. The van der Waals surface area contributed by atoms with Gasteiger partial charge in [-0.05, 0) is 36.8 Å². The van der Waals surface area contributed by atoms with Gasteiger partial charge in [0.25, 0.3) is 0 Å². The summed E-state index contributed by atoms with van der Waals surface area (Å²) in [5.74, 6) is 0. The third-order valence-corrected chi connectivity index (χ3v) is 3.29. The summed E-state index contributed by atoms with van der Waals surface area (Å²) in [6, 6.07) is 12.2. The Hall–Kier alpha value is -1.68. The number of alkyl halides is 3. The molecule has 1 atom stereocenters. The molecular formula is C15H13ClF3N. The molecule has 2 aromatic rings. The van der Waals surface area contributed by atoms with Gasteiger partial charge in [0.1, 0.15) is 0 Å². The van der Waals surface area contributed by atoms with Gasteiger partial charge >= 0.3 is 6.18 Å². The number of hydrogen-bond acceptors (Lipinski definition) is 1. The van der Waals surface area contributed by atoms with Crippen molar-refractivity contribution >= 4 is 17.3 Å². The molecule has 20 heavy (non-hydrogen) atoms. The first-order valence-electron chi connectivity index (χ1n) is 6.06. The van der Waals surface area contributed by atoms with Crippen LogP contribution in [0.5, 0.6) is 0 Å². The molecule has 1 unspecified atom stereocenters. The van der Waals surface area contributed by atoms with E-state index >= 15 is 0 Å². The normalized spacial score (nSPS) is 13.1. The van der Waals surface area contributed by atoms with Gasteiger partial charge in [-0.25, -0.2) is 0 Å². The van der Waals surface area contributed by atoms with Crippen LogP contribution in [0, 0.1) is 0 Å². The molecule has 0 aliphatic heterocycles. The van der Waals surface area contributed by atoms with Crippen LogP contribution in [0.25, 0.3) is 0 Å². The van der Waals surface area contributed by atoms with Crippen LogP contribution in [-0.4, -0.2) is 0 Å². The minimum Gasteiger partial charge on any atom is -0.378 e. The Kier molecular flexibility index (Phi) is 4.23. The standard InChI is InChI=1S/C15H13ClF3N/c1-10(13-7-2-3-8-14(13)16)20-12-6-4-5-11(9-12)15(17,18)19/h2-10,20H,1H3. The van der Waals surface area contributed by atoms with E-state index in [1.54, 1.807) is 12.1 Å². The average Bonchev–Trinajstić information content (AvgIpc) is 2.38. The molecule has 0 aliphatic rings. The lowest BCUT2D eigenvalue weighted by atomic mass is 10.1. The molecule has 1 nitrogen and oxygen atoms in total. The second-order valence-electron chi connectivity index (χ2n) is 4.47. The number of benzene rings is 2. The molecule has 0 heterocycles. The number of nitrogens with one attached hydrogen (secondary N) is 1. The highest BCUT2D eigenvalue weighted by atomic mass is 35.5. The minimum absolute atomic E-state index is 0.188. The van der Waals surface area contributed by atoms with Crippen LogP contribution < -0.4 is 5.32 Å². The predicted molar refractivity (Wildman–Crippen MR) is 74.9 cm³/mol. The molecule has 0 saturated heterocycles. The maximum atomic E-state index is 12.6. The Balaban J connectivity index is 2.20. The monoisotopic (exact) mass is 299 g/mol. The van der Waals surface area contributed by atoms with Crippen molar-refractivity contribution in [2.24, 2.45) is 0 Å². The van der Waals surface area contributed by atoms with Gasteiger partial charge in [-0.15, -0.1) is 0 Å². The molecule has 0 aliphatic carbocycles. The minimum atomic E-state index is -4.34. The molecule has 0 radical (unpaired) electrons. The Bertz CT molecular complexity index is 596. The molecule has 0 aromatic heterocycles. The number of rotatable bonds is 3. The van der Waals surface area contributed by atoms with E-state index in [0.717, 1.165) is 17.7 Å². The van der Waals surface area contributed by atoms with E-state index in [0.29, 0.717) is 10.7 Å². The van der Waals surface area contributed by atoms with Crippen molar-refractivity contribution in [3.8, 4) is 0 Å². The van der Waals surface area contributed by atoms with Crippen molar-refractivity contribution in [2.75, 3.05) is 5.32 Å². The maximum Gasteiger partial charge on any atom is 0.416 e. The Labute approximate surface area is 120 Å². The first-order chi connectivity index (χ1) is 9.38. The molecule has 0 spiro atoms. The zero-order chi connectivity index (χ0) is 14.8. The highest BCUT2D eigenvalue weighted by molar-refractivity contribution is 6.31. The molecule has 0 saturated carbocycles. The van der Waals surface area contributed by atoms with E-state index in [4.69, 9.17) is 11.6 Å². The van der Waals surface area contributed by atoms with Gasteiger partial charge in [0, 0.05) is 16.8 Å². The molecule has 106 valence electrons. The summed E-state index contributed by atoms with van der Waals surface area (Å²) in [5, 5.41) is 3.61. The Morgan fingerprint density at radius 1 is 1.05 bits per heavy atom. The van der Waals surface area contributed by atoms with Crippen molar-refractivity contribution in [3.63, 3.8) is 0 Å². The fraction of sp³-hybridized carbons (Fsp3) is 0.200. The van der Waals surface area contributed by atoms with E-state index in [1.165, 1.54) is 6.07 Å². The first kappa shape index (κ1) is 14.7. The van der Waals surface area contributed by atoms with Gasteiger partial charge in [-0.2, -0.15) is 13.2 Å². The van der Waals surface area contributed by atoms with Crippen molar-refractivity contribution < 1.29 is 13.2 Å². The predicted octanol–water partition coefficient (Wildman–Crippen LogP) is 5.53. The fourth-order valence-electron chi connectivity index (χ4n) is 1.94. The van der Waals surface area contributed by atoms with Crippen LogP contribution in [0.15, 0.2) is 48.5 Å². The van der Waals surface area contributed by atoms with Gasteiger partial charge in [-0.1, -0.05) is 35.9 Å². The first-order valence-corrected chi connectivity index (χ1v) is 6.44. The zero-order valence-corrected chi connectivity index (χ0v) is 11.5. The molecule has 0 fully saturated rings. The van der Waals surface area contributed by atoms with E-state index in [9.17, 15) is 13.2 Å². The van der Waals surface area contributed by atoms with Crippen LogP contribution in [0.2, 0.25) is 5.02 Å². The second kappa shape index (κ2) is 5.75. The number of anilines is 1. The molecule has 2 aromatic carbocycles. The summed E-state index contributed by atoms with van der Waals surface area (Å²) in [7, 11) is 0. The molecule has 5 heteroatoms. The summed E-state index contributed by atoms with van der Waals surface area (Å²) in [4.78, 5) is 0. The molecular weight excluding hydrogens is 287 g/mol. The van der Waals surface area contributed by atoms with E-state index in [2.05, 4.69) is 5.32 Å². The average molecular weight is 300 g/mol. The topological polar surface area (TPSA) is 12.0 Å². The van der Waals surface area contributed by atoms with Crippen LogP contribution in [-0.2, 0) is 6.18 Å². The summed E-state index contributed by atoms with van der Waals surface area (Å²) >= 11 is 6.07. The van der Waals surface area contributed by atoms with Gasteiger partial charge in [-0.3, -0.25) is 0 Å². The zero-order valence-electron chi connectivity index (χ0n) is 10.7. The SMILES string of the molecule is CC(Nc1cccc(C(F)(F)F)c1)c1ccccc1Cl. The van der Waals surface area contributed by atoms with Crippen LogP contribution >= 0.6 is 11.6 Å². The third kappa shape index (κ3) is 3.45. The number of halogens is 4. The summed E-state index contributed by atoms with van der Waals surface area (Å²) in [6.07, 6.45) is -4.34. The Morgan fingerprint density at radius 3 is 2.40 bits per heavy atom. The lowest BCUT2D eigenvalue weighted by Crippen LogP contribution is -2.09. The third-order valence-electron chi connectivity index (χ3n) is 2.94. The highest BCUT2D eigenvalue weighted by Crippen LogP contribution is 2.32. The second-order valence-corrected chi connectivity index (χ2v) is 4.87. The van der Waals surface area contributed by atoms with Crippen molar-refractivity contribution in [3.05, 3.63) is 64.7 Å². The Morgan fingerprint density at radius 2 is 1.75 bits per heavy atom. The molecule has 0 amide bonds. The van der Waals surface area contributed by atoms with Gasteiger partial charge in [0.2, 0.25) is 0 Å². The van der Waals surface area contributed by atoms with Gasteiger partial charge in [0.15, 0.2) is 0 Å². The maximum absolute atomic E-state index is 12.6. The van der Waals surface area contributed by atoms with E-state index < -0.39 is 11.7 Å². The van der Waals surface area contributed by atoms with Crippen molar-refractivity contribution in [1.82, 2.24) is 0 Å². The van der Waals surface area contributed by atoms with Gasteiger partial charge in [0.05, 0.1) is 5.56 Å².